The summed E-state index contributed by atoms with van der Waals surface area (Å²) in [6.07, 6.45) is 0.798. The second-order valence-electron chi connectivity index (χ2n) is 6.00. The number of nitrogens with one attached hydrogen (secondary N) is 1. The third-order valence-corrected chi connectivity index (χ3v) is 4.55. The summed E-state index contributed by atoms with van der Waals surface area (Å²) in [4.78, 5) is 23.9. The van der Waals surface area contributed by atoms with Crippen LogP contribution in [0.2, 0.25) is 0 Å². The second kappa shape index (κ2) is 9.34. The smallest absolute Gasteiger partial charge is 0.327 e. The number of aliphatic carboxylic acids is 1. The van der Waals surface area contributed by atoms with E-state index in [-0.39, 0.29) is 5.56 Å². The maximum absolute atomic E-state index is 12.7. The van der Waals surface area contributed by atoms with Gasteiger partial charge in [0, 0.05) is 11.1 Å². The second-order valence-corrected chi connectivity index (χ2v) is 7.50. The average Bonchev–Trinajstić information content (AvgIpc) is 2.65. The summed E-state index contributed by atoms with van der Waals surface area (Å²) in [6.45, 7) is 2.45. The minimum atomic E-state index is -4.59. The Hall–Kier alpha value is -2.91. The number of carbonyl (C=O) groups excluding carboxylic acids is 1. The zero-order chi connectivity index (χ0) is 20.7. The van der Waals surface area contributed by atoms with Crippen LogP contribution in [0.4, 0.5) is 0 Å². The predicted molar refractivity (Wildman–Crippen MR) is 103 cm³/mol. The van der Waals surface area contributed by atoms with Crippen molar-refractivity contribution in [1.82, 2.24) is 5.32 Å². The number of para-hydroxylation sites is 1. The van der Waals surface area contributed by atoms with Crippen molar-refractivity contribution >= 4 is 22.0 Å². The standard InChI is InChI=1S/C19H21NO7S/c1-2-11-27-17-10-6-5-8-14(17)13-7-3-4-9-15(13)18(21)20-16(19(22)23)12-28(24,25)26/h3-10,16H,2,11-12H2,1H3,(H,20,21)(H,22,23)(H,24,25,26). The van der Waals surface area contributed by atoms with Crippen molar-refractivity contribution in [2.45, 2.75) is 19.4 Å². The first-order valence-corrected chi connectivity index (χ1v) is 10.1. The van der Waals surface area contributed by atoms with E-state index in [1.165, 1.54) is 6.07 Å². The molecule has 1 amide bonds. The van der Waals surface area contributed by atoms with E-state index < -0.39 is 33.8 Å². The van der Waals surface area contributed by atoms with E-state index in [2.05, 4.69) is 5.32 Å². The molecule has 0 aromatic heterocycles. The van der Waals surface area contributed by atoms with Crippen LogP contribution in [0.5, 0.6) is 5.75 Å². The molecule has 0 fully saturated rings. The lowest BCUT2D eigenvalue weighted by Crippen LogP contribution is -2.45. The molecule has 0 saturated carbocycles. The van der Waals surface area contributed by atoms with Gasteiger partial charge in [-0.2, -0.15) is 8.42 Å². The molecule has 0 aliphatic carbocycles. The van der Waals surface area contributed by atoms with Gasteiger partial charge < -0.3 is 15.2 Å². The fourth-order valence-electron chi connectivity index (χ4n) is 2.56. The minimum absolute atomic E-state index is 0.150. The maximum atomic E-state index is 12.7. The molecule has 2 aromatic rings. The van der Waals surface area contributed by atoms with Gasteiger partial charge in [0.25, 0.3) is 16.0 Å². The normalized spacial score (nSPS) is 12.2. The van der Waals surface area contributed by atoms with Gasteiger partial charge in [0.05, 0.1) is 6.61 Å². The first-order chi connectivity index (χ1) is 13.2. The van der Waals surface area contributed by atoms with E-state index in [0.717, 1.165) is 6.42 Å². The zero-order valence-electron chi connectivity index (χ0n) is 15.2. The molecular formula is C19H21NO7S. The molecular weight excluding hydrogens is 386 g/mol. The van der Waals surface area contributed by atoms with Gasteiger partial charge in [-0.25, -0.2) is 4.79 Å². The number of carboxylic acids is 1. The Bertz CT molecular complexity index is 956. The van der Waals surface area contributed by atoms with Crippen molar-refractivity contribution in [2.75, 3.05) is 12.4 Å². The molecule has 0 spiro atoms. The van der Waals surface area contributed by atoms with E-state index in [9.17, 15) is 18.0 Å². The van der Waals surface area contributed by atoms with Gasteiger partial charge in [-0.3, -0.25) is 9.35 Å². The molecule has 0 aliphatic heterocycles. The van der Waals surface area contributed by atoms with Crippen LogP contribution in [0, 0.1) is 0 Å². The lowest BCUT2D eigenvalue weighted by atomic mass is 9.98. The molecule has 0 saturated heterocycles. The fraction of sp³-hybridized carbons (Fsp3) is 0.263. The largest absolute Gasteiger partial charge is 0.493 e. The summed E-state index contributed by atoms with van der Waals surface area (Å²) in [5.41, 5.74) is 1.29. The molecule has 28 heavy (non-hydrogen) atoms. The summed E-state index contributed by atoms with van der Waals surface area (Å²) in [6, 6.07) is 11.8. The number of hydrogen-bond donors (Lipinski definition) is 3. The summed E-state index contributed by atoms with van der Waals surface area (Å²) in [7, 11) is -4.59. The fourth-order valence-corrected chi connectivity index (χ4v) is 3.21. The molecule has 8 nitrogen and oxygen atoms in total. The molecule has 9 heteroatoms. The van der Waals surface area contributed by atoms with E-state index in [1.54, 1.807) is 42.5 Å². The molecule has 0 bridgehead atoms. The molecule has 1 atom stereocenters. The highest BCUT2D eigenvalue weighted by molar-refractivity contribution is 7.85. The summed E-state index contributed by atoms with van der Waals surface area (Å²) >= 11 is 0. The Kier molecular flexibility index (Phi) is 7.13. The third kappa shape index (κ3) is 5.80. The van der Waals surface area contributed by atoms with E-state index >= 15 is 0 Å². The molecule has 2 rings (SSSR count). The van der Waals surface area contributed by atoms with Gasteiger partial charge in [0.15, 0.2) is 0 Å². The lowest BCUT2D eigenvalue weighted by Gasteiger charge is -2.17. The highest BCUT2D eigenvalue weighted by Gasteiger charge is 2.27. The van der Waals surface area contributed by atoms with Crippen molar-refractivity contribution in [3.05, 3.63) is 54.1 Å². The molecule has 0 radical (unpaired) electrons. The average molecular weight is 407 g/mol. The summed E-state index contributed by atoms with van der Waals surface area (Å²) < 4.78 is 36.7. The van der Waals surface area contributed by atoms with Crippen molar-refractivity contribution in [2.24, 2.45) is 0 Å². The van der Waals surface area contributed by atoms with Crippen LogP contribution in [0.15, 0.2) is 48.5 Å². The Labute approximate surface area is 162 Å². The van der Waals surface area contributed by atoms with Crippen molar-refractivity contribution in [3.8, 4) is 16.9 Å². The van der Waals surface area contributed by atoms with Crippen molar-refractivity contribution < 1.29 is 32.4 Å². The number of carboxylic acid groups (broad SMARTS) is 1. The molecule has 1 unspecified atom stereocenters. The zero-order valence-corrected chi connectivity index (χ0v) is 16.0. The quantitative estimate of drug-likeness (QED) is 0.543. The SMILES string of the molecule is CCCOc1ccccc1-c1ccccc1C(=O)NC(CS(=O)(=O)O)C(=O)O. The van der Waals surface area contributed by atoms with Crippen LogP contribution < -0.4 is 10.1 Å². The monoisotopic (exact) mass is 407 g/mol. The lowest BCUT2D eigenvalue weighted by molar-refractivity contribution is -0.138. The number of ether oxygens (including phenoxy) is 1. The third-order valence-electron chi connectivity index (χ3n) is 3.79. The Morgan fingerprint density at radius 1 is 1.07 bits per heavy atom. The van der Waals surface area contributed by atoms with Crippen LogP contribution in [0.25, 0.3) is 11.1 Å². The van der Waals surface area contributed by atoms with Crippen LogP contribution in [0.1, 0.15) is 23.7 Å². The summed E-state index contributed by atoms with van der Waals surface area (Å²) in [5.74, 6) is -2.92. The van der Waals surface area contributed by atoms with Gasteiger partial charge >= 0.3 is 5.97 Å². The molecule has 0 heterocycles. The van der Waals surface area contributed by atoms with E-state index in [0.29, 0.717) is 23.5 Å². The Morgan fingerprint density at radius 3 is 2.29 bits per heavy atom. The van der Waals surface area contributed by atoms with Gasteiger partial charge in [-0.1, -0.05) is 43.3 Å². The number of amides is 1. The summed E-state index contributed by atoms with van der Waals surface area (Å²) in [5, 5.41) is 11.3. The number of carbonyl (C=O) groups is 2. The highest BCUT2D eigenvalue weighted by atomic mass is 32.2. The van der Waals surface area contributed by atoms with Gasteiger partial charge in [0.2, 0.25) is 0 Å². The molecule has 3 N–H and O–H groups in total. The first kappa shape index (κ1) is 21.4. The molecule has 0 aliphatic rings. The van der Waals surface area contributed by atoms with Crippen LogP contribution >= 0.6 is 0 Å². The predicted octanol–water partition coefficient (Wildman–Crippen LogP) is 2.21. The van der Waals surface area contributed by atoms with Crippen molar-refractivity contribution in [3.63, 3.8) is 0 Å². The Balaban J connectivity index is 2.39. The Morgan fingerprint density at radius 2 is 1.68 bits per heavy atom. The van der Waals surface area contributed by atoms with Crippen LogP contribution in [-0.2, 0) is 14.9 Å². The number of benzene rings is 2. The first-order valence-electron chi connectivity index (χ1n) is 8.53. The molecule has 2 aromatic carbocycles. The van der Waals surface area contributed by atoms with Gasteiger partial charge in [-0.05, 0) is 24.1 Å². The van der Waals surface area contributed by atoms with Gasteiger partial charge in [0.1, 0.15) is 17.5 Å². The van der Waals surface area contributed by atoms with Crippen LogP contribution in [-0.4, -0.2) is 48.4 Å². The minimum Gasteiger partial charge on any atom is -0.493 e. The van der Waals surface area contributed by atoms with Crippen LogP contribution in [0.3, 0.4) is 0 Å². The number of hydrogen-bond acceptors (Lipinski definition) is 5. The highest BCUT2D eigenvalue weighted by Crippen LogP contribution is 2.32. The van der Waals surface area contributed by atoms with Gasteiger partial charge in [-0.15, -0.1) is 0 Å². The van der Waals surface area contributed by atoms with E-state index in [4.69, 9.17) is 14.4 Å². The number of rotatable bonds is 9. The van der Waals surface area contributed by atoms with Crippen molar-refractivity contribution in [1.29, 1.82) is 0 Å². The van der Waals surface area contributed by atoms with E-state index in [1.807, 2.05) is 6.92 Å². The topological polar surface area (TPSA) is 130 Å². The maximum Gasteiger partial charge on any atom is 0.327 e. The molecule has 150 valence electrons.